The van der Waals surface area contributed by atoms with Crippen molar-refractivity contribution in [3.05, 3.63) is 29.6 Å². The van der Waals surface area contributed by atoms with E-state index in [0.29, 0.717) is 11.3 Å². The second-order valence-electron chi connectivity index (χ2n) is 5.82. The van der Waals surface area contributed by atoms with Gasteiger partial charge in [-0.2, -0.15) is 0 Å². The Morgan fingerprint density at radius 2 is 2.19 bits per heavy atom. The van der Waals surface area contributed by atoms with Crippen LogP contribution in [0.5, 0.6) is 5.75 Å². The van der Waals surface area contributed by atoms with Crippen LogP contribution in [0.3, 0.4) is 0 Å². The zero-order chi connectivity index (χ0) is 15.2. The van der Waals surface area contributed by atoms with E-state index in [1.54, 1.807) is 13.2 Å². The minimum Gasteiger partial charge on any atom is -0.496 e. The second-order valence-corrected chi connectivity index (χ2v) is 5.82. The summed E-state index contributed by atoms with van der Waals surface area (Å²) in [6.07, 6.45) is 4.82. The summed E-state index contributed by atoms with van der Waals surface area (Å²) in [5.74, 6) is 0.443. The largest absolute Gasteiger partial charge is 0.496 e. The summed E-state index contributed by atoms with van der Waals surface area (Å²) in [6, 6.07) is 5.75. The SMILES string of the molecule is CCNC(CCN(C)C1CCC1)c1c(F)cccc1OC. The monoisotopic (exact) mass is 294 g/mol. The molecule has 2 rings (SSSR count). The van der Waals surface area contributed by atoms with E-state index in [4.69, 9.17) is 4.74 Å². The first-order valence-corrected chi connectivity index (χ1v) is 7.93. The molecule has 1 aliphatic carbocycles. The van der Waals surface area contributed by atoms with Crippen molar-refractivity contribution in [2.75, 3.05) is 27.2 Å². The van der Waals surface area contributed by atoms with E-state index in [1.165, 1.54) is 25.3 Å². The highest BCUT2D eigenvalue weighted by Gasteiger charge is 2.24. The van der Waals surface area contributed by atoms with Crippen molar-refractivity contribution in [1.29, 1.82) is 0 Å². The van der Waals surface area contributed by atoms with Crippen molar-refractivity contribution >= 4 is 0 Å². The first kappa shape index (κ1) is 16.2. The van der Waals surface area contributed by atoms with E-state index in [2.05, 4.69) is 24.2 Å². The first-order chi connectivity index (χ1) is 10.2. The maximum Gasteiger partial charge on any atom is 0.131 e. The minimum atomic E-state index is -0.188. The topological polar surface area (TPSA) is 24.5 Å². The molecule has 1 atom stereocenters. The Bertz CT molecular complexity index is 448. The summed E-state index contributed by atoms with van der Waals surface area (Å²) in [4.78, 5) is 2.40. The molecule has 21 heavy (non-hydrogen) atoms. The van der Waals surface area contributed by atoms with Gasteiger partial charge in [-0.25, -0.2) is 4.39 Å². The summed E-state index contributed by atoms with van der Waals surface area (Å²) in [5.41, 5.74) is 0.656. The molecular formula is C17H27FN2O. The highest BCUT2D eigenvalue weighted by atomic mass is 19.1. The molecule has 4 heteroatoms. The van der Waals surface area contributed by atoms with Gasteiger partial charge < -0.3 is 15.0 Å². The van der Waals surface area contributed by atoms with Crippen molar-refractivity contribution in [3.63, 3.8) is 0 Å². The highest BCUT2D eigenvalue weighted by molar-refractivity contribution is 5.37. The number of ether oxygens (including phenoxy) is 1. The third kappa shape index (κ3) is 3.95. The van der Waals surface area contributed by atoms with Crippen molar-refractivity contribution in [2.24, 2.45) is 0 Å². The predicted molar refractivity (Wildman–Crippen MR) is 84.3 cm³/mol. The van der Waals surface area contributed by atoms with E-state index in [-0.39, 0.29) is 11.9 Å². The van der Waals surface area contributed by atoms with E-state index >= 15 is 0 Å². The molecule has 0 amide bonds. The third-order valence-electron chi connectivity index (χ3n) is 4.50. The molecule has 0 saturated heterocycles. The van der Waals surface area contributed by atoms with Crippen LogP contribution in [-0.4, -0.2) is 38.2 Å². The van der Waals surface area contributed by atoms with Gasteiger partial charge >= 0.3 is 0 Å². The van der Waals surface area contributed by atoms with Crippen LogP contribution in [0, 0.1) is 5.82 Å². The number of rotatable bonds is 8. The minimum absolute atomic E-state index is 0.00586. The van der Waals surface area contributed by atoms with Crippen molar-refractivity contribution < 1.29 is 9.13 Å². The van der Waals surface area contributed by atoms with Crippen molar-refractivity contribution in [1.82, 2.24) is 10.2 Å². The van der Waals surface area contributed by atoms with Gasteiger partial charge in [-0.05, 0) is 51.5 Å². The number of benzene rings is 1. The maximum atomic E-state index is 14.2. The zero-order valence-electron chi connectivity index (χ0n) is 13.4. The van der Waals surface area contributed by atoms with Gasteiger partial charge in [-0.1, -0.05) is 19.4 Å². The van der Waals surface area contributed by atoms with Crippen LogP contribution in [0.2, 0.25) is 0 Å². The number of nitrogens with zero attached hydrogens (tertiary/aromatic N) is 1. The lowest BCUT2D eigenvalue weighted by Crippen LogP contribution is -2.39. The molecule has 118 valence electrons. The number of halogens is 1. The Morgan fingerprint density at radius 3 is 2.76 bits per heavy atom. The fraction of sp³-hybridized carbons (Fsp3) is 0.647. The number of hydrogen-bond acceptors (Lipinski definition) is 3. The van der Waals surface area contributed by atoms with Gasteiger partial charge in [-0.3, -0.25) is 0 Å². The quantitative estimate of drug-likeness (QED) is 0.795. The van der Waals surface area contributed by atoms with Crippen LogP contribution in [0.25, 0.3) is 0 Å². The molecule has 1 N–H and O–H groups in total. The molecule has 0 aliphatic heterocycles. The van der Waals surface area contributed by atoms with E-state index in [9.17, 15) is 4.39 Å². The fourth-order valence-electron chi connectivity index (χ4n) is 2.97. The van der Waals surface area contributed by atoms with Crippen LogP contribution >= 0.6 is 0 Å². The lowest BCUT2D eigenvalue weighted by Gasteiger charge is -2.35. The van der Waals surface area contributed by atoms with E-state index in [1.807, 2.05) is 6.07 Å². The molecule has 1 saturated carbocycles. The van der Waals surface area contributed by atoms with Gasteiger partial charge in [0, 0.05) is 17.6 Å². The van der Waals surface area contributed by atoms with E-state index in [0.717, 1.165) is 25.6 Å². The number of nitrogens with one attached hydrogen (secondary N) is 1. The molecule has 0 spiro atoms. The van der Waals surface area contributed by atoms with Gasteiger partial charge in [0.2, 0.25) is 0 Å². The summed E-state index contributed by atoms with van der Waals surface area (Å²) in [6.45, 7) is 3.84. The smallest absolute Gasteiger partial charge is 0.131 e. The Morgan fingerprint density at radius 1 is 1.43 bits per heavy atom. The lowest BCUT2D eigenvalue weighted by atomic mass is 9.91. The second kappa shape index (κ2) is 7.76. The van der Waals surface area contributed by atoms with Crippen LogP contribution in [0.4, 0.5) is 4.39 Å². The molecule has 1 aromatic rings. The van der Waals surface area contributed by atoms with Crippen LogP contribution in [-0.2, 0) is 0 Å². The summed E-state index contributed by atoms with van der Waals surface area (Å²) >= 11 is 0. The van der Waals surface area contributed by atoms with Gasteiger partial charge in [0.1, 0.15) is 11.6 Å². The van der Waals surface area contributed by atoms with Gasteiger partial charge in [0.05, 0.1) is 7.11 Å². The van der Waals surface area contributed by atoms with Gasteiger partial charge in [0.15, 0.2) is 0 Å². The summed E-state index contributed by atoms with van der Waals surface area (Å²) < 4.78 is 19.6. The fourth-order valence-corrected chi connectivity index (χ4v) is 2.97. The molecule has 1 fully saturated rings. The van der Waals surface area contributed by atoms with Crippen molar-refractivity contribution in [2.45, 2.75) is 44.7 Å². The normalized spacial score (nSPS) is 16.8. The van der Waals surface area contributed by atoms with Crippen LogP contribution in [0.15, 0.2) is 18.2 Å². The Kier molecular flexibility index (Phi) is 6.00. The third-order valence-corrected chi connectivity index (χ3v) is 4.50. The predicted octanol–water partition coefficient (Wildman–Crippen LogP) is 3.36. The molecule has 1 unspecified atom stereocenters. The first-order valence-electron chi connectivity index (χ1n) is 7.93. The zero-order valence-corrected chi connectivity index (χ0v) is 13.4. The average molecular weight is 294 g/mol. The Labute approximate surface area is 127 Å². The molecule has 1 aromatic carbocycles. The van der Waals surface area contributed by atoms with E-state index < -0.39 is 0 Å². The van der Waals surface area contributed by atoms with Crippen molar-refractivity contribution in [3.8, 4) is 5.75 Å². The lowest BCUT2D eigenvalue weighted by molar-refractivity contribution is 0.153. The standard InChI is InChI=1S/C17H27FN2O/c1-4-19-15(11-12-20(2)13-7-5-8-13)17-14(18)9-6-10-16(17)21-3/h6,9-10,13,15,19H,4-5,7-8,11-12H2,1-3H3. The molecule has 0 radical (unpaired) electrons. The molecule has 0 aromatic heterocycles. The molecule has 1 aliphatic rings. The maximum absolute atomic E-state index is 14.2. The van der Waals surface area contributed by atoms with Gasteiger partial charge in [0.25, 0.3) is 0 Å². The number of methoxy groups -OCH3 is 1. The molecular weight excluding hydrogens is 267 g/mol. The number of hydrogen-bond donors (Lipinski definition) is 1. The van der Waals surface area contributed by atoms with Crippen LogP contribution < -0.4 is 10.1 Å². The van der Waals surface area contributed by atoms with Gasteiger partial charge in [-0.15, -0.1) is 0 Å². The average Bonchev–Trinajstić information content (AvgIpc) is 2.41. The molecule has 0 bridgehead atoms. The summed E-state index contributed by atoms with van der Waals surface area (Å²) in [7, 11) is 3.77. The highest BCUT2D eigenvalue weighted by Crippen LogP contribution is 2.31. The Balaban J connectivity index is 2.07. The molecule has 0 heterocycles. The Hall–Kier alpha value is -1.13. The summed E-state index contributed by atoms with van der Waals surface area (Å²) in [5, 5.41) is 3.40. The molecule has 3 nitrogen and oxygen atoms in total. The van der Waals surface area contributed by atoms with Crippen LogP contribution in [0.1, 0.15) is 44.2 Å².